The third-order valence-corrected chi connectivity index (χ3v) is 3.54. The number of aryl methyl sites for hydroxylation is 2. The van der Waals surface area contributed by atoms with E-state index in [9.17, 15) is 9.59 Å². The lowest BCUT2D eigenvalue weighted by atomic mass is 10.1. The molecule has 4 nitrogen and oxygen atoms in total. The fourth-order valence-electron chi connectivity index (χ4n) is 2.28. The minimum absolute atomic E-state index is 0.303. The normalized spacial score (nSPS) is 10.2. The topological polar surface area (TPSA) is 52.6 Å². The first-order chi connectivity index (χ1) is 11.6. The first kappa shape index (κ1) is 17.7. The summed E-state index contributed by atoms with van der Waals surface area (Å²) in [6, 6.07) is 14.8. The number of carbonyl (C=O) groups is 2. The first-order valence-corrected chi connectivity index (χ1v) is 8.12. The van der Waals surface area contributed by atoms with Gasteiger partial charge in [-0.05, 0) is 50.5 Å². The maximum Gasteiger partial charge on any atom is 0.338 e. The Morgan fingerprint density at radius 2 is 1.79 bits per heavy atom. The Kier molecular flexibility index (Phi) is 6.55. The van der Waals surface area contributed by atoms with Gasteiger partial charge in [-0.1, -0.05) is 35.9 Å². The second kappa shape index (κ2) is 8.87. The molecule has 0 N–H and O–H groups in total. The zero-order valence-corrected chi connectivity index (χ0v) is 14.1. The van der Waals surface area contributed by atoms with Crippen molar-refractivity contribution in [1.29, 1.82) is 0 Å². The van der Waals surface area contributed by atoms with Crippen LogP contribution in [0.3, 0.4) is 0 Å². The van der Waals surface area contributed by atoms with E-state index in [1.54, 1.807) is 25.1 Å². The molecular weight excluding hydrogens is 304 g/mol. The Balaban J connectivity index is 1.82. The number of benzene rings is 2. The summed E-state index contributed by atoms with van der Waals surface area (Å²) < 4.78 is 10.2. The molecule has 0 radical (unpaired) electrons. The van der Waals surface area contributed by atoms with Crippen molar-refractivity contribution >= 4 is 11.9 Å². The maximum atomic E-state index is 11.9. The predicted octanol–water partition coefficient (Wildman–Crippen LogP) is 4.10. The minimum Gasteiger partial charge on any atom is -0.462 e. The molecule has 4 heteroatoms. The lowest BCUT2D eigenvalue weighted by Gasteiger charge is -2.07. The smallest absolute Gasteiger partial charge is 0.338 e. The molecular formula is C20H22O4. The van der Waals surface area contributed by atoms with Gasteiger partial charge < -0.3 is 9.47 Å². The summed E-state index contributed by atoms with van der Waals surface area (Å²) in [5.41, 5.74) is 2.80. The van der Waals surface area contributed by atoms with Crippen LogP contribution in [0.4, 0.5) is 0 Å². The van der Waals surface area contributed by atoms with E-state index in [-0.39, 0.29) is 5.97 Å². The van der Waals surface area contributed by atoms with Gasteiger partial charge in [-0.2, -0.15) is 0 Å². The van der Waals surface area contributed by atoms with E-state index in [1.807, 2.05) is 6.92 Å². The molecule has 0 fully saturated rings. The molecule has 0 aliphatic rings. The highest BCUT2D eigenvalue weighted by Gasteiger charge is 2.10. The molecule has 0 bridgehead atoms. The van der Waals surface area contributed by atoms with Gasteiger partial charge in [0.15, 0.2) is 0 Å². The first-order valence-electron chi connectivity index (χ1n) is 8.12. The van der Waals surface area contributed by atoms with E-state index < -0.39 is 5.97 Å². The largest absolute Gasteiger partial charge is 0.462 e. The van der Waals surface area contributed by atoms with E-state index in [4.69, 9.17) is 9.47 Å². The van der Waals surface area contributed by atoms with Crippen LogP contribution in [-0.2, 0) is 16.0 Å². The summed E-state index contributed by atoms with van der Waals surface area (Å²) in [4.78, 5) is 23.6. The Hall–Kier alpha value is -2.62. The standard InChI is InChI=1S/C20H22O4/c1-3-23-20(22)17-7-5-8-18(14-17)24-19(21)9-4-6-16-12-10-15(2)11-13-16/h5,7-8,10-14H,3-4,6,9H2,1-2H3. The molecule has 126 valence electrons. The Morgan fingerprint density at radius 3 is 2.50 bits per heavy atom. The monoisotopic (exact) mass is 326 g/mol. The van der Waals surface area contributed by atoms with Crippen LogP contribution in [0.15, 0.2) is 48.5 Å². The molecule has 0 heterocycles. The summed E-state index contributed by atoms with van der Waals surface area (Å²) in [7, 11) is 0. The summed E-state index contributed by atoms with van der Waals surface area (Å²) >= 11 is 0. The number of carbonyl (C=O) groups excluding carboxylic acids is 2. The van der Waals surface area contributed by atoms with Crippen LogP contribution in [0.5, 0.6) is 5.75 Å². The fourth-order valence-corrected chi connectivity index (χ4v) is 2.28. The van der Waals surface area contributed by atoms with Gasteiger partial charge in [0, 0.05) is 6.42 Å². The number of ether oxygens (including phenoxy) is 2. The van der Waals surface area contributed by atoms with Crippen molar-refractivity contribution in [3.05, 3.63) is 65.2 Å². The highest BCUT2D eigenvalue weighted by molar-refractivity contribution is 5.90. The predicted molar refractivity (Wildman–Crippen MR) is 92.2 cm³/mol. The second-order valence-corrected chi connectivity index (χ2v) is 5.56. The summed E-state index contributed by atoms with van der Waals surface area (Å²) in [5, 5.41) is 0. The molecule has 0 saturated carbocycles. The SMILES string of the molecule is CCOC(=O)c1cccc(OC(=O)CCCc2ccc(C)cc2)c1. The summed E-state index contributed by atoms with van der Waals surface area (Å²) in [5.74, 6) is -0.362. The number of hydrogen-bond donors (Lipinski definition) is 0. The van der Waals surface area contributed by atoms with Crippen LogP contribution in [0, 0.1) is 6.92 Å². The van der Waals surface area contributed by atoms with Crippen LogP contribution in [-0.4, -0.2) is 18.5 Å². The van der Waals surface area contributed by atoms with E-state index in [1.165, 1.54) is 17.2 Å². The van der Waals surface area contributed by atoms with Crippen molar-refractivity contribution in [2.45, 2.75) is 33.1 Å². The molecule has 2 aromatic rings. The molecule has 0 amide bonds. The van der Waals surface area contributed by atoms with Gasteiger partial charge in [-0.3, -0.25) is 4.79 Å². The van der Waals surface area contributed by atoms with Gasteiger partial charge in [0.25, 0.3) is 0 Å². The van der Waals surface area contributed by atoms with Crippen molar-refractivity contribution in [1.82, 2.24) is 0 Å². The Bertz CT molecular complexity index is 689. The third kappa shape index (κ3) is 5.54. The number of rotatable bonds is 7. The van der Waals surface area contributed by atoms with Crippen LogP contribution in [0.2, 0.25) is 0 Å². The molecule has 2 rings (SSSR count). The summed E-state index contributed by atoms with van der Waals surface area (Å²) in [6.07, 6.45) is 1.88. The zero-order valence-electron chi connectivity index (χ0n) is 14.1. The maximum absolute atomic E-state index is 11.9. The average molecular weight is 326 g/mol. The van der Waals surface area contributed by atoms with Gasteiger partial charge in [0.2, 0.25) is 0 Å². The van der Waals surface area contributed by atoms with E-state index in [0.29, 0.717) is 24.3 Å². The molecule has 0 spiro atoms. The van der Waals surface area contributed by atoms with Crippen molar-refractivity contribution in [2.24, 2.45) is 0 Å². The van der Waals surface area contributed by atoms with E-state index >= 15 is 0 Å². The molecule has 2 aromatic carbocycles. The molecule has 0 unspecified atom stereocenters. The van der Waals surface area contributed by atoms with Crippen LogP contribution in [0.1, 0.15) is 41.3 Å². The highest BCUT2D eigenvalue weighted by Crippen LogP contribution is 2.16. The second-order valence-electron chi connectivity index (χ2n) is 5.56. The quantitative estimate of drug-likeness (QED) is 0.568. The fraction of sp³-hybridized carbons (Fsp3) is 0.300. The molecule has 0 saturated heterocycles. The van der Waals surface area contributed by atoms with Crippen LogP contribution >= 0.6 is 0 Å². The van der Waals surface area contributed by atoms with Crippen LogP contribution < -0.4 is 4.74 Å². The number of hydrogen-bond acceptors (Lipinski definition) is 4. The highest BCUT2D eigenvalue weighted by atomic mass is 16.5. The molecule has 0 aliphatic heterocycles. The summed E-state index contributed by atoms with van der Waals surface area (Å²) in [6.45, 7) is 4.10. The lowest BCUT2D eigenvalue weighted by molar-refractivity contribution is -0.134. The number of esters is 2. The zero-order chi connectivity index (χ0) is 17.4. The van der Waals surface area contributed by atoms with Gasteiger partial charge >= 0.3 is 11.9 Å². The van der Waals surface area contributed by atoms with Gasteiger partial charge in [0.1, 0.15) is 5.75 Å². The van der Waals surface area contributed by atoms with Crippen molar-refractivity contribution in [2.75, 3.05) is 6.61 Å². The van der Waals surface area contributed by atoms with Gasteiger partial charge in [-0.15, -0.1) is 0 Å². The molecule has 24 heavy (non-hydrogen) atoms. The lowest BCUT2D eigenvalue weighted by Crippen LogP contribution is -2.09. The van der Waals surface area contributed by atoms with Crippen molar-refractivity contribution in [3.8, 4) is 5.75 Å². The third-order valence-electron chi connectivity index (χ3n) is 3.54. The Labute approximate surface area is 142 Å². The van der Waals surface area contributed by atoms with E-state index in [0.717, 1.165) is 12.8 Å². The van der Waals surface area contributed by atoms with E-state index in [2.05, 4.69) is 24.3 Å². The average Bonchev–Trinajstić information content (AvgIpc) is 2.57. The van der Waals surface area contributed by atoms with Crippen molar-refractivity contribution < 1.29 is 19.1 Å². The Morgan fingerprint density at radius 1 is 1.04 bits per heavy atom. The molecule has 0 atom stereocenters. The minimum atomic E-state index is -0.422. The van der Waals surface area contributed by atoms with Gasteiger partial charge in [0.05, 0.1) is 12.2 Å². The van der Waals surface area contributed by atoms with Crippen molar-refractivity contribution in [3.63, 3.8) is 0 Å². The molecule has 0 aromatic heterocycles. The van der Waals surface area contributed by atoms with Gasteiger partial charge in [-0.25, -0.2) is 4.79 Å². The molecule has 0 aliphatic carbocycles. The van der Waals surface area contributed by atoms with Crippen LogP contribution in [0.25, 0.3) is 0 Å².